The van der Waals surface area contributed by atoms with Gasteiger partial charge in [-0.1, -0.05) is 12.1 Å². The summed E-state index contributed by atoms with van der Waals surface area (Å²) in [5.41, 5.74) is 2.53. The Morgan fingerprint density at radius 3 is 2.77 bits per heavy atom. The molecule has 0 spiro atoms. The number of nitrogens with zero attached hydrogens (tertiary/aromatic N) is 3. The minimum atomic E-state index is -0.887. The third-order valence-corrected chi connectivity index (χ3v) is 4.09. The number of aryl methyl sites for hydroxylation is 1. The summed E-state index contributed by atoms with van der Waals surface area (Å²) >= 11 is 0. The largest absolute Gasteiger partial charge is 0.478 e. The number of rotatable bonds is 4. The molecule has 22 heavy (non-hydrogen) atoms. The molecular formula is C17H19N3O2. The van der Waals surface area contributed by atoms with Gasteiger partial charge in [-0.3, -0.25) is 4.90 Å². The van der Waals surface area contributed by atoms with Crippen LogP contribution in [0.1, 0.15) is 46.3 Å². The van der Waals surface area contributed by atoms with Crippen LogP contribution >= 0.6 is 0 Å². The van der Waals surface area contributed by atoms with Crippen LogP contribution in [0.15, 0.2) is 36.5 Å². The van der Waals surface area contributed by atoms with E-state index in [4.69, 9.17) is 5.11 Å². The molecule has 1 saturated heterocycles. The first kappa shape index (κ1) is 14.7. The molecule has 0 radical (unpaired) electrons. The highest BCUT2D eigenvalue weighted by Crippen LogP contribution is 2.31. The van der Waals surface area contributed by atoms with Gasteiger partial charge >= 0.3 is 5.97 Å². The molecule has 5 heteroatoms. The molecule has 0 unspecified atom stereocenters. The standard InChI is InChI=1S/C17H19N3O2/c1-12-18-9-8-15(19-12)16-3-2-10-20(16)11-13-4-6-14(7-5-13)17(21)22/h4-9,16H,2-3,10-11H2,1H3,(H,21,22)/t16-/m1/s1. The fraction of sp³-hybridized carbons (Fsp3) is 0.353. The molecule has 5 nitrogen and oxygen atoms in total. The summed E-state index contributed by atoms with van der Waals surface area (Å²) in [4.78, 5) is 22.0. The van der Waals surface area contributed by atoms with E-state index in [0.29, 0.717) is 11.6 Å². The third-order valence-electron chi connectivity index (χ3n) is 4.09. The Balaban J connectivity index is 1.75. The maximum absolute atomic E-state index is 10.9. The third kappa shape index (κ3) is 3.14. The van der Waals surface area contributed by atoms with Gasteiger partial charge in [0.1, 0.15) is 5.82 Å². The van der Waals surface area contributed by atoms with Crippen molar-refractivity contribution in [1.82, 2.24) is 14.9 Å². The number of carboxylic acids is 1. The smallest absolute Gasteiger partial charge is 0.335 e. The fourth-order valence-electron chi connectivity index (χ4n) is 3.00. The molecule has 1 atom stereocenters. The van der Waals surface area contributed by atoms with E-state index in [1.165, 1.54) is 0 Å². The highest BCUT2D eigenvalue weighted by Gasteiger charge is 2.27. The molecule has 2 heterocycles. The number of hydrogen-bond acceptors (Lipinski definition) is 4. The highest BCUT2D eigenvalue weighted by molar-refractivity contribution is 5.87. The van der Waals surface area contributed by atoms with Gasteiger partial charge in [0.2, 0.25) is 0 Å². The van der Waals surface area contributed by atoms with E-state index in [-0.39, 0.29) is 0 Å². The number of aromatic nitrogens is 2. The van der Waals surface area contributed by atoms with Gasteiger partial charge in [0.25, 0.3) is 0 Å². The first-order chi connectivity index (χ1) is 10.6. The molecule has 3 rings (SSSR count). The van der Waals surface area contributed by atoms with Crippen molar-refractivity contribution in [2.75, 3.05) is 6.54 Å². The van der Waals surface area contributed by atoms with Gasteiger partial charge in [-0.2, -0.15) is 0 Å². The molecule has 2 aromatic rings. The average Bonchev–Trinajstić information content (AvgIpc) is 2.96. The Labute approximate surface area is 129 Å². The lowest BCUT2D eigenvalue weighted by atomic mass is 10.1. The van der Waals surface area contributed by atoms with Gasteiger partial charge in [-0.15, -0.1) is 0 Å². The van der Waals surface area contributed by atoms with Crippen molar-refractivity contribution >= 4 is 5.97 Å². The Morgan fingerprint density at radius 1 is 1.32 bits per heavy atom. The maximum atomic E-state index is 10.9. The zero-order chi connectivity index (χ0) is 15.5. The minimum Gasteiger partial charge on any atom is -0.478 e. The number of aromatic carboxylic acids is 1. The van der Waals surface area contributed by atoms with Crippen LogP contribution in [-0.4, -0.2) is 32.5 Å². The lowest BCUT2D eigenvalue weighted by Gasteiger charge is -2.24. The van der Waals surface area contributed by atoms with E-state index in [0.717, 1.165) is 43.0 Å². The zero-order valence-corrected chi connectivity index (χ0v) is 12.6. The molecule has 0 saturated carbocycles. The van der Waals surface area contributed by atoms with E-state index in [9.17, 15) is 4.79 Å². The Hall–Kier alpha value is -2.27. The first-order valence-corrected chi connectivity index (χ1v) is 7.49. The number of hydrogen-bond donors (Lipinski definition) is 1. The number of benzene rings is 1. The Morgan fingerprint density at radius 2 is 2.09 bits per heavy atom. The quantitative estimate of drug-likeness (QED) is 0.940. The van der Waals surface area contributed by atoms with Crippen molar-refractivity contribution in [1.29, 1.82) is 0 Å². The summed E-state index contributed by atoms with van der Waals surface area (Å²) in [6.07, 6.45) is 4.07. The van der Waals surface area contributed by atoms with Crippen LogP contribution in [0, 0.1) is 6.92 Å². The van der Waals surface area contributed by atoms with Crippen LogP contribution < -0.4 is 0 Å². The van der Waals surface area contributed by atoms with Crippen LogP contribution in [-0.2, 0) is 6.54 Å². The number of likely N-dealkylation sites (tertiary alicyclic amines) is 1. The highest BCUT2D eigenvalue weighted by atomic mass is 16.4. The van der Waals surface area contributed by atoms with Crippen molar-refractivity contribution in [2.24, 2.45) is 0 Å². The van der Waals surface area contributed by atoms with Gasteiger partial charge in [0.05, 0.1) is 17.3 Å². The summed E-state index contributed by atoms with van der Waals surface area (Å²) in [6, 6.07) is 9.42. The van der Waals surface area contributed by atoms with Crippen molar-refractivity contribution in [3.8, 4) is 0 Å². The van der Waals surface area contributed by atoms with Crippen molar-refractivity contribution in [2.45, 2.75) is 32.4 Å². The number of carbonyl (C=O) groups is 1. The second-order valence-corrected chi connectivity index (χ2v) is 5.66. The molecule has 1 N–H and O–H groups in total. The molecule has 0 bridgehead atoms. The molecule has 0 amide bonds. The lowest BCUT2D eigenvalue weighted by molar-refractivity contribution is 0.0697. The SMILES string of the molecule is Cc1nccc([C@H]2CCCN2Cc2ccc(C(=O)O)cc2)n1. The first-order valence-electron chi connectivity index (χ1n) is 7.49. The molecule has 1 aliphatic heterocycles. The van der Waals surface area contributed by atoms with Crippen LogP contribution in [0.3, 0.4) is 0 Å². The summed E-state index contributed by atoms with van der Waals surface area (Å²) in [6.45, 7) is 3.76. The van der Waals surface area contributed by atoms with Crippen molar-refractivity contribution in [3.05, 3.63) is 59.2 Å². The van der Waals surface area contributed by atoms with E-state index < -0.39 is 5.97 Å². The number of carboxylic acid groups (broad SMARTS) is 1. The van der Waals surface area contributed by atoms with Crippen molar-refractivity contribution in [3.63, 3.8) is 0 Å². The van der Waals surface area contributed by atoms with Gasteiger partial charge in [0, 0.05) is 12.7 Å². The summed E-state index contributed by atoms with van der Waals surface area (Å²) < 4.78 is 0. The second kappa shape index (κ2) is 6.23. The molecule has 1 fully saturated rings. The zero-order valence-electron chi connectivity index (χ0n) is 12.6. The monoisotopic (exact) mass is 297 g/mol. The van der Waals surface area contributed by atoms with E-state index in [2.05, 4.69) is 14.9 Å². The summed E-state index contributed by atoms with van der Waals surface area (Å²) in [7, 11) is 0. The topological polar surface area (TPSA) is 66.3 Å². The average molecular weight is 297 g/mol. The predicted molar refractivity (Wildman–Crippen MR) is 82.6 cm³/mol. The minimum absolute atomic E-state index is 0.320. The van der Waals surface area contributed by atoms with E-state index in [1.54, 1.807) is 12.1 Å². The molecule has 1 aromatic heterocycles. The van der Waals surface area contributed by atoms with Gasteiger partial charge in [-0.25, -0.2) is 14.8 Å². The lowest BCUT2D eigenvalue weighted by Crippen LogP contribution is -2.23. The van der Waals surface area contributed by atoms with Crippen LogP contribution in [0.25, 0.3) is 0 Å². The summed E-state index contributed by atoms with van der Waals surface area (Å²) in [5.74, 6) is -0.0859. The molecule has 1 aromatic carbocycles. The van der Waals surface area contributed by atoms with Gasteiger partial charge in [-0.05, 0) is 50.1 Å². The van der Waals surface area contributed by atoms with Crippen LogP contribution in [0.4, 0.5) is 0 Å². The Kier molecular flexibility index (Phi) is 4.15. The normalized spacial score (nSPS) is 18.5. The molecule has 1 aliphatic rings. The van der Waals surface area contributed by atoms with Crippen molar-refractivity contribution < 1.29 is 9.90 Å². The van der Waals surface area contributed by atoms with E-state index >= 15 is 0 Å². The Bertz CT molecular complexity index is 670. The maximum Gasteiger partial charge on any atom is 0.335 e. The fourth-order valence-corrected chi connectivity index (χ4v) is 3.00. The molecule has 114 valence electrons. The second-order valence-electron chi connectivity index (χ2n) is 5.66. The molecular weight excluding hydrogens is 278 g/mol. The van der Waals surface area contributed by atoms with Crippen LogP contribution in [0.5, 0.6) is 0 Å². The van der Waals surface area contributed by atoms with Crippen LogP contribution in [0.2, 0.25) is 0 Å². The predicted octanol–water partition coefficient (Wildman–Crippen LogP) is 2.82. The van der Waals surface area contributed by atoms with Gasteiger partial charge < -0.3 is 5.11 Å². The van der Waals surface area contributed by atoms with Gasteiger partial charge in [0.15, 0.2) is 0 Å². The van der Waals surface area contributed by atoms with E-state index in [1.807, 2.05) is 31.3 Å². The molecule has 0 aliphatic carbocycles. The summed E-state index contributed by atoms with van der Waals surface area (Å²) in [5, 5.41) is 8.95.